The van der Waals surface area contributed by atoms with Crippen LogP contribution in [0.4, 0.5) is 14.7 Å². The predicted octanol–water partition coefficient (Wildman–Crippen LogP) is 1.95. The third-order valence-corrected chi connectivity index (χ3v) is 9.41. The Morgan fingerprint density at radius 2 is 1.78 bits per heavy atom. The van der Waals surface area contributed by atoms with Gasteiger partial charge in [-0.05, 0) is 32.9 Å². The molecular formula is C29H36N6O13S3. The highest BCUT2D eigenvalue weighted by atomic mass is 32.2. The number of oxime groups is 1. The summed E-state index contributed by atoms with van der Waals surface area (Å²) in [7, 11) is -1.07. The number of hydrogen-bond acceptors (Lipinski definition) is 17. The van der Waals surface area contributed by atoms with Crippen molar-refractivity contribution in [2.75, 3.05) is 32.2 Å². The van der Waals surface area contributed by atoms with Gasteiger partial charge in [-0.3, -0.25) is 19.0 Å². The van der Waals surface area contributed by atoms with Gasteiger partial charge in [0, 0.05) is 37.7 Å². The van der Waals surface area contributed by atoms with Crippen molar-refractivity contribution in [3.05, 3.63) is 52.2 Å². The smallest absolute Gasteiger partial charge is 0.445 e. The molecule has 5 N–H and O–H groups in total. The number of nitrogens with one attached hydrogen (secondary N) is 1. The van der Waals surface area contributed by atoms with Gasteiger partial charge in [0.15, 0.2) is 10.8 Å². The lowest BCUT2D eigenvalue weighted by molar-refractivity contribution is -0.169. The number of nitrogens with two attached hydrogens (primary N) is 1. The summed E-state index contributed by atoms with van der Waals surface area (Å²) in [5, 5.41) is 15.6. The number of aryl methyl sites for hydroxylation is 1. The molecule has 2 aliphatic rings. The average molecular weight is 773 g/mol. The van der Waals surface area contributed by atoms with Crippen LogP contribution in [0.15, 0.2) is 51.0 Å². The summed E-state index contributed by atoms with van der Waals surface area (Å²) >= 11 is 2.22. The van der Waals surface area contributed by atoms with Crippen molar-refractivity contribution in [1.29, 1.82) is 0 Å². The first-order chi connectivity index (χ1) is 23.8. The number of β-lactam (4-membered cyclic amide) rings is 1. The first-order valence-corrected chi connectivity index (χ1v) is 18.1. The highest BCUT2D eigenvalue weighted by Gasteiger charge is 2.55. The molecule has 3 atom stereocenters. The molecule has 1 unspecified atom stereocenters. The van der Waals surface area contributed by atoms with Crippen LogP contribution in [-0.2, 0) is 43.4 Å². The number of anilines is 1. The van der Waals surface area contributed by atoms with Gasteiger partial charge in [-0.2, -0.15) is 8.42 Å². The van der Waals surface area contributed by atoms with Gasteiger partial charge in [0.2, 0.25) is 6.29 Å². The summed E-state index contributed by atoms with van der Waals surface area (Å²) in [5.74, 6) is -2.48. The van der Waals surface area contributed by atoms with Crippen LogP contribution in [0, 0.1) is 6.92 Å². The van der Waals surface area contributed by atoms with Gasteiger partial charge in [0.25, 0.3) is 21.9 Å². The second kappa shape index (κ2) is 17.3. The van der Waals surface area contributed by atoms with Gasteiger partial charge in [-0.25, -0.2) is 19.4 Å². The van der Waals surface area contributed by atoms with E-state index in [1.807, 2.05) is 6.92 Å². The molecule has 0 bridgehead atoms. The molecule has 0 aliphatic carbocycles. The van der Waals surface area contributed by atoms with Crippen LogP contribution in [-0.4, -0.2) is 119 Å². The Balaban J connectivity index is 0.000000542. The number of nitrogen functional groups attached to an aromatic ring is 1. The maximum Gasteiger partial charge on any atom is 0.511 e. The van der Waals surface area contributed by atoms with Crippen LogP contribution in [0.25, 0.3) is 0 Å². The summed E-state index contributed by atoms with van der Waals surface area (Å²) in [6.07, 6.45) is -3.60. The summed E-state index contributed by atoms with van der Waals surface area (Å²) in [5.41, 5.74) is 6.13. The summed E-state index contributed by atoms with van der Waals surface area (Å²) in [6, 6.07) is 4.88. The van der Waals surface area contributed by atoms with Crippen molar-refractivity contribution >= 4 is 74.1 Å². The molecule has 3 amide bonds. The molecule has 3 heterocycles. The quantitative estimate of drug-likeness (QED) is 0.0393. The number of hydrogen-bond donors (Lipinski definition) is 4. The maximum atomic E-state index is 13.2. The Hall–Kier alpha value is -4.93. The number of amides is 3. The van der Waals surface area contributed by atoms with Crippen molar-refractivity contribution in [2.24, 2.45) is 5.16 Å². The lowest BCUT2D eigenvalue weighted by Crippen LogP contribution is -2.71. The van der Waals surface area contributed by atoms with Crippen molar-refractivity contribution in [3.8, 4) is 0 Å². The van der Waals surface area contributed by atoms with Crippen molar-refractivity contribution in [1.82, 2.24) is 20.1 Å². The van der Waals surface area contributed by atoms with Crippen molar-refractivity contribution in [3.63, 3.8) is 0 Å². The van der Waals surface area contributed by atoms with E-state index in [4.69, 9.17) is 29.2 Å². The normalized spacial score (nSPS) is 17.6. The van der Waals surface area contributed by atoms with Crippen LogP contribution in [0.2, 0.25) is 0 Å². The number of aromatic nitrogens is 1. The van der Waals surface area contributed by atoms with Crippen molar-refractivity contribution in [2.45, 2.75) is 56.4 Å². The largest absolute Gasteiger partial charge is 0.511 e. The molecule has 1 fully saturated rings. The van der Waals surface area contributed by atoms with Gasteiger partial charge >= 0.3 is 18.2 Å². The summed E-state index contributed by atoms with van der Waals surface area (Å²) < 4.78 is 49.8. The molecule has 1 aromatic carbocycles. The van der Waals surface area contributed by atoms with Gasteiger partial charge < -0.3 is 40.1 Å². The summed E-state index contributed by atoms with van der Waals surface area (Å²) in [6.45, 7) is 6.00. The minimum absolute atomic E-state index is 0.0153. The Bertz CT molecular complexity index is 1810. The van der Waals surface area contributed by atoms with E-state index in [9.17, 15) is 37.6 Å². The number of fused-ring (bicyclic) bond motifs is 1. The second-order valence-corrected chi connectivity index (χ2v) is 14.5. The van der Waals surface area contributed by atoms with Gasteiger partial charge in [0.05, 0.1) is 11.0 Å². The molecular weight excluding hydrogens is 737 g/mol. The standard InChI is InChI=1S/C22H28N6O10S2.C7H8O3S/c1-9(2)36-22(33)38-10(3)37-19(31)15-11(6-35-21(32)27(4)5)7-39-18-14(17(30)28(15)18)25-16(29)13(26-34)12-8-40-20(23)24-12;1-6-2-4-7(5-3-6)11(8,9)10/h8-10,14,18,34H,6-7H2,1-5H3,(H2,23,24)(H,25,29);2-5H,1H3,(H,8,9,10)/b26-13-;/t10?,14-,18-;/m1./s1. The number of thiazole rings is 1. The highest BCUT2D eigenvalue weighted by molar-refractivity contribution is 8.00. The Morgan fingerprint density at radius 3 is 2.31 bits per heavy atom. The van der Waals surface area contributed by atoms with Gasteiger partial charge in [0.1, 0.15) is 29.4 Å². The van der Waals surface area contributed by atoms with E-state index in [1.54, 1.807) is 26.0 Å². The Kier molecular flexibility index (Phi) is 13.8. The molecule has 278 valence electrons. The molecule has 19 nitrogen and oxygen atoms in total. The van der Waals surface area contributed by atoms with Crippen molar-refractivity contribution < 1.29 is 61.1 Å². The van der Waals surface area contributed by atoms with E-state index >= 15 is 0 Å². The minimum Gasteiger partial charge on any atom is -0.445 e. The Labute approximate surface area is 300 Å². The molecule has 1 saturated heterocycles. The molecule has 51 heavy (non-hydrogen) atoms. The first kappa shape index (κ1) is 40.5. The third kappa shape index (κ3) is 10.8. The van der Waals surface area contributed by atoms with E-state index in [2.05, 4.69) is 15.5 Å². The molecule has 0 spiro atoms. The van der Waals surface area contributed by atoms with Crippen LogP contribution in [0.1, 0.15) is 32.0 Å². The van der Waals surface area contributed by atoms with E-state index < -0.39 is 69.7 Å². The number of rotatable bonds is 10. The molecule has 1 aromatic heterocycles. The molecule has 22 heteroatoms. The zero-order chi connectivity index (χ0) is 38.2. The highest BCUT2D eigenvalue weighted by Crippen LogP contribution is 2.41. The molecule has 2 aromatic rings. The third-order valence-electron chi connectivity index (χ3n) is 6.53. The maximum absolute atomic E-state index is 13.2. The zero-order valence-electron chi connectivity index (χ0n) is 28.1. The number of ether oxygens (including phenoxy) is 4. The lowest BCUT2D eigenvalue weighted by atomic mass is 10.0. The van der Waals surface area contributed by atoms with E-state index in [0.717, 1.165) is 21.8 Å². The Morgan fingerprint density at radius 1 is 1.14 bits per heavy atom. The average Bonchev–Trinajstić information content (AvgIpc) is 3.47. The molecule has 2 aliphatic heterocycles. The van der Waals surface area contributed by atoms with Gasteiger partial charge in [-0.1, -0.05) is 22.9 Å². The fraction of sp³-hybridized carbons (Fsp3) is 0.414. The first-order valence-electron chi connectivity index (χ1n) is 14.7. The lowest BCUT2D eigenvalue weighted by Gasteiger charge is -2.49. The summed E-state index contributed by atoms with van der Waals surface area (Å²) in [4.78, 5) is 69.0. The fourth-order valence-electron chi connectivity index (χ4n) is 4.18. The number of benzene rings is 1. The van der Waals surface area contributed by atoms with E-state index in [0.29, 0.717) is 0 Å². The molecule has 4 rings (SSSR count). The fourth-order valence-corrected chi connectivity index (χ4v) is 6.53. The number of carbonyl (C=O) groups is 5. The van der Waals surface area contributed by atoms with Crippen LogP contribution >= 0.6 is 23.1 Å². The second-order valence-electron chi connectivity index (χ2n) is 11.1. The molecule has 0 saturated carbocycles. The van der Waals surface area contributed by atoms with Crippen LogP contribution in [0.5, 0.6) is 0 Å². The number of carbonyl (C=O) groups excluding carboxylic acids is 5. The number of nitrogens with zero attached hydrogens (tertiary/aromatic N) is 4. The van der Waals surface area contributed by atoms with Gasteiger partial charge in [-0.15, -0.1) is 23.1 Å². The number of thioether (sulfide) groups is 1. The zero-order valence-corrected chi connectivity index (χ0v) is 30.5. The predicted molar refractivity (Wildman–Crippen MR) is 181 cm³/mol. The monoisotopic (exact) mass is 772 g/mol. The number of esters is 1. The topological polar surface area (TPSA) is 267 Å². The molecule has 0 radical (unpaired) electrons. The SMILES string of the molecule is CC(C)OC(=O)OC(C)OC(=O)C1=C(COC(=O)N(C)C)CS[C@@H]2[C@H](NC(=O)/C(=N\O)c3csc(N)n3)C(=O)N12.Cc1ccc(S(=O)(=O)O)cc1. The van der Waals surface area contributed by atoms with Crippen LogP contribution in [0.3, 0.4) is 0 Å². The van der Waals surface area contributed by atoms with E-state index in [-0.39, 0.29) is 39.4 Å². The minimum atomic E-state index is -4.02. The van der Waals surface area contributed by atoms with E-state index in [1.165, 1.54) is 55.2 Å². The van der Waals surface area contributed by atoms with Crippen LogP contribution < -0.4 is 11.1 Å².